The quantitative estimate of drug-likeness (QED) is 0.780. The van der Waals surface area contributed by atoms with Crippen LogP contribution in [-0.2, 0) is 9.53 Å². The summed E-state index contributed by atoms with van der Waals surface area (Å²) in [5.74, 6) is 1.20. The van der Waals surface area contributed by atoms with Crippen LogP contribution in [0.4, 0.5) is 0 Å². The number of fused-ring (bicyclic) bond motifs is 1. The van der Waals surface area contributed by atoms with Crippen LogP contribution in [0.15, 0.2) is 0 Å². The van der Waals surface area contributed by atoms with E-state index in [0.29, 0.717) is 24.5 Å². The number of morpholine rings is 1. The standard InChI is InChI=1S/C13H21NO2S/c15-12(8-13(9-17)4-5-13)14-6-7-16-11-3-1-2-10(11)14/h10-11,17H,1-9H2. The molecule has 1 aliphatic heterocycles. The summed E-state index contributed by atoms with van der Waals surface area (Å²) in [7, 11) is 0. The van der Waals surface area contributed by atoms with Crippen LogP contribution < -0.4 is 0 Å². The van der Waals surface area contributed by atoms with E-state index in [1.165, 1.54) is 19.3 Å². The molecule has 0 spiro atoms. The molecule has 3 rings (SSSR count). The second-order valence-corrected chi connectivity index (χ2v) is 6.15. The summed E-state index contributed by atoms with van der Waals surface area (Å²) < 4.78 is 5.75. The molecular weight excluding hydrogens is 234 g/mol. The summed E-state index contributed by atoms with van der Waals surface area (Å²) >= 11 is 4.38. The first-order chi connectivity index (χ1) is 8.24. The summed E-state index contributed by atoms with van der Waals surface area (Å²) in [6, 6.07) is 0.368. The third-order valence-electron chi connectivity index (χ3n) is 4.62. The van der Waals surface area contributed by atoms with Gasteiger partial charge in [0.1, 0.15) is 0 Å². The second-order valence-electron chi connectivity index (χ2n) is 5.83. The first-order valence-corrected chi connectivity index (χ1v) is 7.39. The van der Waals surface area contributed by atoms with Crippen LogP contribution in [0.5, 0.6) is 0 Å². The van der Waals surface area contributed by atoms with Crippen molar-refractivity contribution >= 4 is 18.5 Å². The summed E-state index contributed by atoms with van der Waals surface area (Å²) in [5, 5.41) is 0. The van der Waals surface area contributed by atoms with Crippen molar-refractivity contribution in [2.75, 3.05) is 18.9 Å². The monoisotopic (exact) mass is 255 g/mol. The zero-order chi connectivity index (χ0) is 11.9. The van der Waals surface area contributed by atoms with Crippen molar-refractivity contribution in [1.29, 1.82) is 0 Å². The third kappa shape index (κ3) is 2.22. The molecule has 3 nitrogen and oxygen atoms in total. The molecule has 0 N–H and O–H groups in total. The molecule has 0 bridgehead atoms. The van der Waals surface area contributed by atoms with Crippen LogP contribution in [0, 0.1) is 5.41 Å². The molecule has 1 heterocycles. The largest absolute Gasteiger partial charge is 0.374 e. The lowest BCUT2D eigenvalue weighted by Gasteiger charge is -2.38. The first kappa shape index (κ1) is 11.8. The minimum atomic E-state index is 0.243. The minimum absolute atomic E-state index is 0.243. The van der Waals surface area contributed by atoms with Crippen molar-refractivity contribution < 1.29 is 9.53 Å². The fourth-order valence-electron chi connectivity index (χ4n) is 3.23. The number of hydrogen-bond acceptors (Lipinski definition) is 3. The number of hydrogen-bond donors (Lipinski definition) is 1. The predicted octanol–water partition coefficient (Wildman–Crippen LogP) is 1.87. The van der Waals surface area contributed by atoms with Crippen LogP contribution in [0.1, 0.15) is 38.5 Å². The van der Waals surface area contributed by atoms with E-state index >= 15 is 0 Å². The zero-order valence-corrected chi connectivity index (χ0v) is 11.1. The van der Waals surface area contributed by atoms with E-state index in [0.717, 1.165) is 31.7 Å². The molecule has 0 aromatic heterocycles. The Kier molecular flexibility index (Phi) is 3.11. The van der Waals surface area contributed by atoms with Crippen molar-refractivity contribution in [3.8, 4) is 0 Å². The molecule has 96 valence electrons. The highest BCUT2D eigenvalue weighted by molar-refractivity contribution is 7.80. The van der Waals surface area contributed by atoms with Crippen molar-refractivity contribution in [2.45, 2.75) is 50.7 Å². The van der Waals surface area contributed by atoms with Crippen molar-refractivity contribution in [2.24, 2.45) is 5.41 Å². The number of carbonyl (C=O) groups excluding carboxylic acids is 1. The molecule has 1 saturated heterocycles. The van der Waals surface area contributed by atoms with Crippen LogP contribution in [-0.4, -0.2) is 41.9 Å². The lowest BCUT2D eigenvalue weighted by molar-refractivity contribution is -0.145. The molecule has 3 aliphatic rings. The lowest BCUT2D eigenvalue weighted by Crippen LogP contribution is -2.51. The number of carbonyl (C=O) groups is 1. The smallest absolute Gasteiger partial charge is 0.223 e. The van der Waals surface area contributed by atoms with Crippen molar-refractivity contribution in [3.63, 3.8) is 0 Å². The van der Waals surface area contributed by atoms with E-state index in [-0.39, 0.29) is 5.41 Å². The second kappa shape index (κ2) is 4.47. The molecule has 0 radical (unpaired) electrons. The fraction of sp³-hybridized carbons (Fsp3) is 0.923. The van der Waals surface area contributed by atoms with E-state index in [1.807, 2.05) is 0 Å². The van der Waals surface area contributed by atoms with Gasteiger partial charge >= 0.3 is 0 Å². The highest BCUT2D eigenvalue weighted by Crippen LogP contribution is 2.50. The Morgan fingerprint density at radius 1 is 1.41 bits per heavy atom. The van der Waals surface area contributed by atoms with Gasteiger partial charge in [-0.1, -0.05) is 0 Å². The van der Waals surface area contributed by atoms with E-state index in [9.17, 15) is 4.79 Å². The average molecular weight is 255 g/mol. The summed E-state index contributed by atoms with van der Waals surface area (Å²) in [5.41, 5.74) is 0.243. The van der Waals surface area contributed by atoms with Crippen LogP contribution in [0.25, 0.3) is 0 Å². The topological polar surface area (TPSA) is 29.5 Å². The molecule has 2 unspecified atom stereocenters. The van der Waals surface area contributed by atoms with Gasteiger partial charge in [0.2, 0.25) is 5.91 Å². The van der Waals surface area contributed by atoms with Crippen LogP contribution >= 0.6 is 12.6 Å². The van der Waals surface area contributed by atoms with Gasteiger partial charge in [0.15, 0.2) is 0 Å². The molecule has 17 heavy (non-hydrogen) atoms. The number of nitrogens with zero attached hydrogens (tertiary/aromatic N) is 1. The Labute approximate surface area is 108 Å². The van der Waals surface area contributed by atoms with Crippen LogP contribution in [0.2, 0.25) is 0 Å². The Balaban J connectivity index is 1.64. The third-order valence-corrected chi connectivity index (χ3v) is 5.29. The maximum absolute atomic E-state index is 12.4. The highest BCUT2D eigenvalue weighted by atomic mass is 32.1. The molecule has 3 fully saturated rings. The van der Waals surface area contributed by atoms with Gasteiger partial charge in [0.05, 0.1) is 18.8 Å². The highest BCUT2D eigenvalue weighted by Gasteiger charge is 2.46. The maximum atomic E-state index is 12.4. The lowest BCUT2D eigenvalue weighted by atomic mass is 10.0. The molecule has 0 aromatic carbocycles. The Bertz CT molecular complexity index is 317. The Morgan fingerprint density at radius 2 is 2.24 bits per heavy atom. The van der Waals surface area contributed by atoms with Gasteiger partial charge < -0.3 is 9.64 Å². The Morgan fingerprint density at radius 3 is 2.94 bits per heavy atom. The van der Waals surface area contributed by atoms with Gasteiger partial charge in [-0.3, -0.25) is 4.79 Å². The van der Waals surface area contributed by atoms with Gasteiger partial charge in [0, 0.05) is 13.0 Å². The van der Waals surface area contributed by atoms with Gasteiger partial charge in [-0.25, -0.2) is 0 Å². The summed E-state index contributed by atoms with van der Waals surface area (Å²) in [6.07, 6.45) is 6.85. The number of amides is 1. The zero-order valence-electron chi connectivity index (χ0n) is 10.2. The van der Waals surface area contributed by atoms with Crippen LogP contribution in [0.3, 0.4) is 0 Å². The summed E-state index contributed by atoms with van der Waals surface area (Å²) in [4.78, 5) is 14.5. The van der Waals surface area contributed by atoms with Crippen molar-refractivity contribution in [1.82, 2.24) is 4.90 Å². The first-order valence-electron chi connectivity index (χ1n) is 6.76. The molecule has 0 aromatic rings. The summed E-state index contributed by atoms with van der Waals surface area (Å²) in [6.45, 7) is 1.52. The normalized spacial score (nSPS) is 34.5. The minimum Gasteiger partial charge on any atom is -0.374 e. The number of ether oxygens (including phenoxy) is 1. The van der Waals surface area contributed by atoms with E-state index in [2.05, 4.69) is 17.5 Å². The number of thiol groups is 1. The van der Waals surface area contributed by atoms with E-state index in [4.69, 9.17) is 4.74 Å². The van der Waals surface area contributed by atoms with E-state index in [1.54, 1.807) is 0 Å². The molecule has 1 amide bonds. The molecular formula is C13H21NO2S. The van der Waals surface area contributed by atoms with Crippen molar-refractivity contribution in [3.05, 3.63) is 0 Å². The molecule has 2 atom stereocenters. The SMILES string of the molecule is O=C(CC1(CS)CC1)N1CCOC2CCCC21. The maximum Gasteiger partial charge on any atom is 0.223 e. The van der Waals surface area contributed by atoms with Gasteiger partial charge in [-0.2, -0.15) is 12.6 Å². The van der Waals surface area contributed by atoms with Gasteiger partial charge in [-0.15, -0.1) is 0 Å². The van der Waals surface area contributed by atoms with E-state index < -0.39 is 0 Å². The average Bonchev–Trinajstić information content (AvgIpc) is 2.95. The Hall–Kier alpha value is -0.220. The number of rotatable bonds is 3. The molecule has 2 saturated carbocycles. The van der Waals surface area contributed by atoms with Gasteiger partial charge in [-0.05, 0) is 43.3 Å². The fourth-order valence-corrected chi connectivity index (χ4v) is 3.65. The van der Waals surface area contributed by atoms with Gasteiger partial charge in [0.25, 0.3) is 0 Å². The molecule has 2 aliphatic carbocycles. The predicted molar refractivity (Wildman–Crippen MR) is 69.2 cm³/mol. The molecule has 4 heteroatoms.